The van der Waals surface area contributed by atoms with E-state index in [1.165, 1.54) is 12.1 Å². The molecule has 2 N–H and O–H groups in total. The summed E-state index contributed by atoms with van der Waals surface area (Å²) in [5.41, 5.74) is -0.763. The van der Waals surface area contributed by atoms with E-state index in [0.29, 0.717) is 5.56 Å². The van der Waals surface area contributed by atoms with E-state index in [4.69, 9.17) is 9.52 Å². The van der Waals surface area contributed by atoms with E-state index >= 15 is 0 Å². The molecule has 0 saturated carbocycles. The first-order chi connectivity index (χ1) is 8.41. The summed E-state index contributed by atoms with van der Waals surface area (Å²) in [7, 11) is 0. The van der Waals surface area contributed by atoms with Crippen LogP contribution < -0.4 is 0 Å². The lowest BCUT2D eigenvalue weighted by molar-refractivity contribution is 0.0601. The van der Waals surface area contributed by atoms with Crippen LogP contribution in [-0.4, -0.2) is 16.2 Å². The molecule has 0 fully saturated rings. The van der Waals surface area contributed by atoms with E-state index in [9.17, 15) is 9.90 Å². The van der Waals surface area contributed by atoms with Crippen LogP contribution in [0.4, 0.5) is 0 Å². The number of aliphatic hydroxyl groups is 1. The number of carboxylic acids is 1. The number of rotatable bonds is 3. The van der Waals surface area contributed by atoms with Gasteiger partial charge in [-0.15, -0.1) is 0 Å². The zero-order valence-electron chi connectivity index (χ0n) is 9.55. The monoisotopic (exact) mass is 310 g/mol. The topological polar surface area (TPSA) is 70.7 Å². The predicted octanol–water partition coefficient (Wildman–Crippen LogP) is 3.00. The van der Waals surface area contributed by atoms with Crippen LogP contribution in [0.1, 0.15) is 28.8 Å². The Labute approximate surface area is 112 Å². The van der Waals surface area contributed by atoms with Gasteiger partial charge in [0.15, 0.2) is 0 Å². The maximum atomic E-state index is 10.7. The Bertz CT molecular complexity index is 586. The molecular weight excluding hydrogens is 300 g/mol. The average Bonchev–Trinajstić information content (AvgIpc) is 2.79. The lowest BCUT2D eigenvalue weighted by atomic mass is 9.94. The van der Waals surface area contributed by atoms with Gasteiger partial charge in [0.05, 0.1) is 0 Å². The average molecular weight is 311 g/mol. The van der Waals surface area contributed by atoms with Crippen LogP contribution in [0.3, 0.4) is 0 Å². The normalized spacial score (nSPS) is 14.2. The van der Waals surface area contributed by atoms with Gasteiger partial charge in [0.2, 0.25) is 5.76 Å². The molecule has 1 unspecified atom stereocenters. The van der Waals surface area contributed by atoms with Crippen molar-refractivity contribution in [3.63, 3.8) is 0 Å². The standard InChI is InChI=1S/C13H11BrO4/c1-13(17,8-3-2-4-9(14)7-8)11-6-5-10(18-11)12(15)16/h2-7,17H,1H3,(H,15,16). The third-order valence-electron chi connectivity index (χ3n) is 2.68. The van der Waals surface area contributed by atoms with Gasteiger partial charge in [-0.2, -0.15) is 0 Å². The van der Waals surface area contributed by atoms with Gasteiger partial charge >= 0.3 is 5.97 Å². The number of halogens is 1. The Morgan fingerprint density at radius 2 is 2.06 bits per heavy atom. The highest BCUT2D eigenvalue weighted by Crippen LogP contribution is 2.31. The molecule has 1 aromatic carbocycles. The zero-order chi connectivity index (χ0) is 13.3. The smallest absolute Gasteiger partial charge is 0.371 e. The van der Waals surface area contributed by atoms with Crippen LogP contribution in [0.15, 0.2) is 45.3 Å². The van der Waals surface area contributed by atoms with E-state index < -0.39 is 11.6 Å². The maximum absolute atomic E-state index is 10.7. The number of carboxylic acid groups (broad SMARTS) is 1. The number of carbonyl (C=O) groups is 1. The molecule has 2 aromatic rings. The molecule has 5 heteroatoms. The van der Waals surface area contributed by atoms with Gasteiger partial charge in [-0.05, 0) is 36.8 Å². The number of aromatic carboxylic acids is 1. The minimum atomic E-state index is -1.38. The molecule has 1 atom stereocenters. The Kier molecular flexibility index (Phi) is 3.28. The van der Waals surface area contributed by atoms with Crippen molar-refractivity contribution >= 4 is 21.9 Å². The summed E-state index contributed by atoms with van der Waals surface area (Å²) in [6.45, 7) is 1.55. The lowest BCUT2D eigenvalue weighted by Gasteiger charge is -2.21. The summed E-state index contributed by atoms with van der Waals surface area (Å²) in [4.78, 5) is 10.7. The molecule has 0 radical (unpaired) electrons. The van der Waals surface area contributed by atoms with E-state index in [-0.39, 0.29) is 11.5 Å². The van der Waals surface area contributed by atoms with E-state index in [2.05, 4.69) is 15.9 Å². The number of furan rings is 1. The summed E-state index contributed by atoms with van der Waals surface area (Å²) >= 11 is 3.32. The van der Waals surface area contributed by atoms with Crippen LogP contribution >= 0.6 is 15.9 Å². The van der Waals surface area contributed by atoms with E-state index in [1.807, 2.05) is 6.07 Å². The molecular formula is C13H11BrO4. The van der Waals surface area contributed by atoms with Gasteiger partial charge in [0.25, 0.3) is 0 Å². The first-order valence-corrected chi connectivity index (χ1v) is 6.02. The first-order valence-electron chi connectivity index (χ1n) is 5.23. The molecule has 1 aromatic heterocycles. The Morgan fingerprint density at radius 3 is 2.61 bits per heavy atom. The summed E-state index contributed by atoms with van der Waals surface area (Å²) in [5, 5.41) is 19.3. The van der Waals surface area contributed by atoms with Gasteiger partial charge < -0.3 is 14.6 Å². The second kappa shape index (κ2) is 4.59. The minimum Gasteiger partial charge on any atom is -0.475 e. The molecule has 0 aliphatic rings. The molecule has 1 heterocycles. The number of benzene rings is 1. The lowest BCUT2D eigenvalue weighted by Crippen LogP contribution is -2.22. The van der Waals surface area contributed by atoms with Crippen LogP contribution in [0.2, 0.25) is 0 Å². The van der Waals surface area contributed by atoms with E-state index in [0.717, 1.165) is 4.47 Å². The van der Waals surface area contributed by atoms with Gasteiger partial charge in [-0.1, -0.05) is 28.1 Å². The molecule has 0 aliphatic carbocycles. The maximum Gasteiger partial charge on any atom is 0.371 e. The number of hydrogen-bond donors (Lipinski definition) is 2. The summed E-state index contributed by atoms with van der Waals surface area (Å²) in [5.74, 6) is -1.16. The van der Waals surface area contributed by atoms with Crippen molar-refractivity contribution in [1.29, 1.82) is 0 Å². The van der Waals surface area contributed by atoms with Crippen LogP contribution in [-0.2, 0) is 5.60 Å². The fourth-order valence-corrected chi connectivity index (χ4v) is 2.05. The third kappa shape index (κ3) is 2.32. The Morgan fingerprint density at radius 1 is 1.33 bits per heavy atom. The highest BCUT2D eigenvalue weighted by molar-refractivity contribution is 9.10. The highest BCUT2D eigenvalue weighted by atomic mass is 79.9. The van der Waals surface area contributed by atoms with Crippen LogP contribution in [0.5, 0.6) is 0 Å². The molecule has 0 aliphatic heterocycles. The molecule has 18 heavy (non-hydrogen) atoms. The quantitative estimate of drug-likeness (QED) is 0.914. The first kappa shape index (κ1) is 12.9. The number of hydrogen-bond acceptors (Lipinski definition) is 3. The molecule has 4 nitrogen and oxygen atoms in total. The van der Waals surface area contributed by atoms with Crippen molar-refractivity contribution in [2.45, 2.75) is 12.5 Å². The van der Waals surface area contributed by atoms with Crippen LogP contribution in [0, 0.1) is 0 Å². The fraction of sp³-hybridized carbons (Fsp3) is 0.154. The van der Waals surface area contributed by atoms with Crippen molar-refractivity contribution in [3.05, 3.63) is 58.0 Å². The Hall–Kier alpha value is -1.59. The third-order valence-corrected chi connectivity index (χ3v) is 3.18. The van der Waals surface area contributed by atoms with Crippen molar-refractivity contribution < 1.29 is 19.4 Å². The minimum absolute atomic E-state index is 0.193. The van der Waals surface area contributed by atoms with Gasteiger partial charge in [0.1, 0.15) is 11.4 Å². The zero-order valence-corrected chi connectivity index (χ0v) is 11.1. The summed E-state index contributed by atoms with van der Waals surface area (Å²) < 4.78 is 5.96. The largest absolute Gasteiger partial charge is 0.475 e. The predicted molar refractivity (Wildman–Crippen MR) is 68.5 cm³/mol. The van der Waals surface area contributed by atoms with Crippen molar-refractivity contribution in [3.8, 4) is 0 Å². The van der Waals surface area contributed by atoms with E-state index in [1.54, 1.807) is 25.1 Å². The van der Waals surface area contributed by atoms with Crippen molar-refractivity contribution in [2.24, 2.45) is 0 Å². The molecule has 0 bridgehead atoms. The van der Waals surface area contributed by atoms with Crippen molar-refractivity contribution in [2.75, 3.05) is 0 Å². The van der Waals surface area contributed by atoms with Gasteiger partial charge in [-0.25, -0.2) is 4.79 Å². The second-order valence-corrected chi connectivity index (χ2v) is 4.97. The molecule has 0 spiro atoms. The highest BCUT2D eigenvalue weighted by Gasteiger charge is 2.30. The van der Waals surface area contributed by atoms with Crippen molar-refractivity contribution in [1.82, 2.24) is 0 Å². The fourth-order valence-electron chi connectivity index (χ4n) is 1.65. The molecule has 0 saturated heterocycles. The SMILES string of the molecule is CC(O)(c1cccc(Br)c1)c1ccc(C(=O)O)o1. The van der Waals surface area contributed by atoms with Gasteiger partial charge in [-0.3, -0.25) is 0 Å². The summed E-state index contributed by atoms with van der Waals surface area (Å²) in [6.07, 6.45) is 0. The van der Waals surface area contributed by atoms with Crippen LogP contribution in [0.25, 0.3) is 0 Å². The molecule has 94 valence electrons. The molecule has 2 rings (SSSR count). The molecule has 0 amide bonds. The Balaban J connectivity index is 2.43. The summed E-state index contributed by atoms with van der Waals surface area (Å²) in [6, 6.07) is 9.91. The second-order valence-electron chi connectivity index (χ2n) is 4.05. The van der Waals surface area contributed by atoms with Gasteiger partial charge in [0, 0.05) is 4.47 Å².